The Morgan fingerprint density at radius 3 is 2.06 bits per heavy atom. The van der Waals surface area contributed by atoms with E-state index in [1.165, 1.54) is 0 Å². The molecule has 0 aliphatic rings. The second kappa shape index (κ2) is 10.2. The lowest BCUT2D eigenvalue weighted by atomic mass is 9.87. The van der Waals surface area contributed by atoms with Gasteiger partial charge in [-0.1, -0.05) is 69.3 Å². The van der Waals surface area contributed by atoms with Crippen LogP contribution >= 0.6 is 0 Å². The van der Waals surface area contributed by atoms with Crippen LogP contribution in [-0.4, -0.2) is 22.3 Å². The molecule has 178 valence electrons. The summed E-state index contributed by atoms with van der Waals surface area (Å²) in [6.45, 7) is 12.2. The molecule has 0 spiro atoms. The van der Waals surface area contributed by atoms with E-state index in [1.54, 1.807) is 23.4 Å². The summed E-state index contributed by atoms with van der Waals surface area (Å²) < 4.78 is 0. The van der Waals surface area contributed by atoms with Crippen LogP contribution in [0.3, 0.4) is 0 Å². The van der Waals surface area contributed by atoms with E-state index >= 15 is 0 Å². The highest BCUT2D eigenvalue weighted by Crippen LogP contribution is 2.31. The summed E-state index contributed by atoms with van der Waals surface area (Å²) in [6.07, 6.45) is 3.50. The molecule has 0 aliphatic heterocycles. The maximum atomic E-state index is 13.8. The molecule has 0 fully saturated rings. The van der Waals surface area contributed by atoms with Crippen LogP contribution in [0.1, 0.15) is 64.3 Å². The Morgan fingerprint density at radius 1 is 0.882 bits per heavy atom. The van der Waals surface area contributed by atoms with Crippen molar-refractivity contribution in [1.29, 1.82) is 0 Å². The first kappa shape index (κ1) is 25.2. The van der Waals surface area contributed by atoms with Crippen molar-refractivity contribution in [2.45, 2.75) is 65.0 Å². The molecule has 3 aromatic rings. The highest BCUT2D eigenvalue weighted by Gasteiger charge is 2.34. The van der Waals surface area contributed by atoms with Crippen LogP contribution in [0.5, 0.6) is 0 Å². The summed E-state index contributed by atoms with van der Waals surface area (Å²) in [6, 6.07) is 20.3. The Balaban J connectivity index is 2.11. The molecule has 1 atom stereocenters. The number of hydrogen-bond donors (Lipinski definition) is 1. The lowest BCUT2D eigenvalue weighted by Gasteiger charge is -2.34. The quantitative estimate of drug-likeness (QED) is 0.523. The van der Waals surface area contributed by atoms with E-state index in [0.29, 0.717) is 11.3 Å². The van der Waals surface area contributed by atoms with Gasteiger partial charge in [0.05, 0.1) is 6.42 Å². The van der Waals surface area contributed by atoms with Crippen molar-refractivity contribution in [3.63, 3.8) is 0 Å². The van der Waals surface area contributed by atoms with Gasteiger partial charge >= 0.3 is 0 Å². The van der Waals surface area contributed by atoms with Crippen LogP contribution in [0, 0.1) is 0 Å². The third-order valence-corrected chi connectivity index (χ3v) is 5.48. The predicted molar refractivity (Wildman–Crippen MR) is 138 cm³/mol. The number of benzene rings is 2. The first-order valence-electron chi connectivity index (χ1n) is 11.6. The fourth-order valence-corrected chi connectivity index (χ4v) is 3.81. The number of anilines is 1. The van der Waals surface area contributed by atoms with Crippen molar-refractivity contribution >= 4 is 17.5 Å². The molecule has 5 heteroatoms. The van der Waals surface area contributed by atoms with Crippen molar-refractivity contribution in [3.8, 4) is 0 Å². The lowest BCUT2D eigenvalue weighted by molar-refractivity contribution is -0.127. The molecule has 1 N–H and O–H groups in total. The fourth-order valence-electron chi connectivity index (χ4n) is 3.81. The number of rotatable bonds is 6. The smallest absolute Gasteiger partial charge is 0.248 e. The number of amides is 2. The van der Waals surface area contributed by atoms with Crippen molar-refractivity contribution in [2.75, 3.05) is 4.90 Å². The minimum Gasteiger partial charge on any atom is -0.349 e. The zero-order valence-corrected chi connectivity index (χ0v) is 21.0. The van der Waals surface area contributed by atoms with Gasteiger partial charge in [0.25, 0.3) is 0 Å². The molecule has 0 radical (unpaired) electrons. The normalized spacial score (nSPS) is 12.6. The molecule has 0 aliphatic carbocycles. The number of pyridine rings is 1. The number of nitrogens with zero attached hydrogens (tertiary/aromatic N) is 2. The first-order valence-corrected chi connectivity index (χ1v) is 11.6. The monoisotopic (exact) mass is 457 g/mol. The molecular formula is C29H35N3O2. The third kappa shape index (κ3) is 6.53. The Morgan fingerprint density at radius 2 is 1.53 bits per heavy atom. The summed E-state index contributed by atoms with van der Waals surface area (Å²) >= 11 is 0. The summed E-state index contributed by atoms with van der Waals surface area (Å²) in [5.74, 6) is -0.408. The van der Waals surface area contributed by atoms with Gasteiger partial charge in [-0.05, 0) is 55.5 Å². The third-order valence-electron chi connectivity index (χ3n) is 5.48. The highest BCUT2D eigenvalue weighted by atomic mass is 16.2. The molecule has 3 rings (SSSR count). The van der Waals surface area contributed by atoms with E-state index in [2.05, 4.69) is 31.1 Å². The molecular weight excluding hydrogens is 422 g/mol. The molecule has 2 aromatic carbocycles. The van der Waals surface area contributed by atoms with E-state index < -0.39 is 11.6 Å². The second-order valence-electron chi connectivity index (χ2n) is 10.7. The molecule has 5 nitrogen and oxygen atoms in total. The molecule has 1 aromatic heterocycles. The van der Waals surface area contributed by atoms with Crippen molar-refractivity contribution in [2.24, 2.45) is 0 Å². The van der Waals surface area contributed by atoms with Crippen molar-refractivity contribution < 1.29 is 9.59 Å². The molecule has 34 heavy (non-hydrogen) atoms. The van der Waals surface area contributed by atoms with Gasteiger partial charge in [-0.25, -0.2) is 0 Å². The molecule has 1 unspecified atom stereocenters. The largest absolute Gasteiger partial charge is 0.349 e. The topological polar surface area (TPSA) is 62.3 Å². The minimum absolute atomic E-state index is 0.0240. The molecule has 0 saturated heterocycles. The van der Waals surface area contributed by atoms with E-state index in [-0.39, 0.29) is 23.7 Å². The Hall–Kier alpha value is -3.47. The van der Waals surface area contributed by atoms with Gasteiger partial charge in [0, 0.05) is 29.2 Å². The number of hydrogen-bond acceptors (Lipinski definition) is 3. The Bertz CT molecular complexity index is 1100. The molecule has 0 saturated carbocycles. The number of nitrogens with one attached hydrogen (secondary N) is 1. The first-order chi connectivity index (χ1) is 16.0. The van der Waals surface area contributed by atoms with Gasteiger partial charge in [-0.15, -0.1) is 0 Å². The van der Waals surface area contributed by atoms with Crippen molar-refractivity contribution in [1.82, 2.24) is 10.3 Å². The van der Waals surface area contributed by atoms with E-state index in [1.807, 2.05) is 81.4 Å². The Labute approximate surface area is 203 Å². The minimum atomic E-state index is -0.857. The Kier molecular flexibility index (Phi) is 7.55. The summed E-state index contributed by atoms with van der Waals surface area (Å²) in [4.78, 5) is 33.3. The van der Waals surface area contributed by atoms with E-state index in [9.17, 15) is 9.59 Å². The second-order valence-corrected chi connectivity index (χ2v) is 10.7. The van der Waals surface area contributed by atoms with Crippen LogP contribution < -0.4 is 10.2 Å². The zero-order chi connectivity index (χ0) is 24.9. The van der Waals surface area contributed by atoms with Gasteiger partial charge in [-0.3, -0.25) is 19.5 Å². The zero-order valence-electron chi connectivity index (χ0n) is 21.0. The number of carbonyl (C=O) groups excluding carboxylic acids is 2. The maximum Gasteiger partial charge on any atom is 0.248 e. The summed E-state index contributed by atoms with van der Waals surface area (Å²) in [5, 5.41) is 3.06. The lowest BCUT2D eigenvalue weighted by Crippen LogP contribution is -2.49. The average Bonchev–Trinajstić information content (AvgIpc) is 2.77. The van der Waals surface area contributed by atoms with E-state index in [0.717, 1.165) is 11.1 Å². The molecule has 1 heterocycles. The standard InChI is InChI=1S/C29H35N3O2/c1-28(2,3)23-14-16-24(17-15-23)32(25(33)19-21-11-8-7-9-12-21)26(22-13-10-18-30-20-22)27(34)31-29(4,5)6/h7-18,20,26H,19H2,1-6H3,(H,31,34). The van der Waals surface area contributed by atoms with Crippen LogP contribution in [0.2, 0.25) is 0 Å². The van der Waals surface area contributed by atoms with E-state index in [4.69, 9.17) is 0 Å². The fraction of sp³-hybridized carbons (Fsp3) is 0.345. The van der Waals surface area contributed by atoms with Gasteiger partial charge in [-0.2, -0.15) is 0 Å². The summed E-state index contributed by atoms with van der Waals surface area (Å²) in [5.41, 5.74) is 2.90. The van der Waals surface area contributed by atoms with Crippen molar-refractivity contribution in [3.05, 3.63) is 95.8 Å². The van der Waals surface area contributed by atoms with Gasteiger partial charge in [0.15, 0.2) is 0 Å². The van der Waals surface area contributed by atoms with Crippen LogP contribution in [-0.2, 0) is 21.4 Å². The van der Waals surface area contributed by atoms with Gasteiger partial charge in [0.1, 0.15) is 6.04 Å². The SMILES string of the molecule is CC(C)(C)NC(=O)C(c1cccnc1)N(C(=O)Cc1ccccc1)c1ccc(C(C)(C)C)cc1. The van der Waals surface area contributed by atoms with Gasteiger partial charge < -0.3 is 5.32 Å². The molecule has 2 amide bonds. The van der Waals surface area contributed by atoms with Crippen LogP contribution in [0.25, 0.3) is 0 Å². The van der Waals surface area contributed by atoms with Crippen LogP contribution in [0.4, 0.5) is 5.69 Å². The molecule has 0 bridgehead atoms. The summed E-state index contributed by atoms with van der Waals surface area (Å²) in [7, 11) is 0. The highest BCUT2D eigenvalue weighted by molar-refractivity contribution is 6.02. The maximum absolute atomic E-state index is 13.8. The number of carbonyl (C=O) groups is 2. The van der Waals surface area contributed by atoms with Gasteiger partial charge in [0.2, 0.25) is 11.8 Å². The van der Waals surface area contributed by atoms with Crippen LogP contribution in [0.15, 0.2) is 79.1 Å². The number of aromatic nitrogens is 1. The predicted octanol–water partition coefficient (Wildman–Crippen LogP) is 5.61. The average molecular weight is 458 g/mol.